The van der Waals surface area contributed by atoms with Crippen LogP contribution < -0.4 is 16.4 Å². The van der Waals surface area contributed by atoms with Gasteiger partial charge in [-0.3, -0.25) is 9.59 Å². The summed E-state index contributed by atoms with van der Waals surface area (Å²) in [6, 6.07) is 1.77. The topological polar surface area (TPSA) is 84.2 Å². The molecule has 0 aliphatic rings. The first kappa shape index (κ1) is 13.7. The lowest BCUT2D eigenvalue weighted by atomic mass is 10.3. The molecule has 0 spiro atoms. The van der Waals surface area contributed by atoms with Crippen LogP contribution in [0.1, 0.15) is 28.6 Å². The number of carbonyl (C=O) groups excluding carboxylic acids is 2. The third-order valence-corrected chi connectivity index (χ3v) is 3.08. The Labute approximate surface area is 104 Å². The van der Waals surface area contributed by atoms with E-state index in [1.165, 1.54) is 11.3 Å². The third-order valence-electron chi connectivity index (χ3n) is 2.14. The van der Waals surface area contributed by atoms with Crippen LogP contribution in [0.15, 0.2) is 11.4 Å². The summed E-state index contributed by atoms with van der Waals surface area (Å²) < 4.78 is 0. The Morgan fingerprint density at radius 2 is 2.24 bits per heavy atom. The van der Waals surface area contributed by atoms with Crippen LogP contribution in [-0.2, 0) is 11.3 Å². The van der Waals surface area contributed by atoms with Gasteiger partial charge in [-0.05, 0) is 13.0 Å². The number of hydrogen-bond acceptors (Lipinski definition) is 4. The number of nitrogens with one attached hydrogen (secondary N) is 2. The summed E-state index contributed by atoms with van der Waals surface area (Å²) in [7, 11) is 0. The smallest absolute Gasteiger partial charge is 0.249 e. The highest BCUT2D eigenvalue weighted by atomic mass is 32.1. The van der Waals surface area contributed by atoms with Crippen LogP contribution in [0.3, 0.4) is 0 Å². The molecule has 94 valence electrons. The Morgan fingerprint density at radius 3 is 2.82 bits per heavy atom. The highest BCUT2D eigenvalue weighted by Crippen LogP contribution is 2.13. The molecule has 0 atom stereocenters. The number of primary amides is 1. The molecule has 1 heterocycles. The molecule has 0 aromatic carbocycles. The number of hydrogen-bond donors (Lipinski definition) is 3. The molecule has 0 aliphatic carbocycles. The molecule has 5 nitrogen and oxygen atoms in total. The van der Waals surface area contributed by atoms with Crippen LogP contribution in [-0.4, -0.2) is 24.9 Å². The quantitative estimate of drug-likeness (QED) is 0.619. The van der Waals surface area contributed by atoms with Gasteiger partial charge in [-0.15, -0.1) is 11.3 Å². The second kappa shape index (κ2) is 7.03. The standard InChI is InChI=1S/C11H17N3O2S/c1-2-14-10(15)3-4-13-6-9-5-8(7-17-9)11(12)16/h5,7,13H,2-4,6H2,1H3,(H2,12,16)(H,14,15). The van der Waals surface area contributed by atoms with Gasteiger partial charge in [-0.1, -0.05) is 0 Å². The number of amides is 2. The zero-order valence-electron chi connectivity index (χ0n) is 9.79. The van der Waals surface area contributed by atoms with E-state index < -0.39 is 5.91 Å². The van der Waals surface area contributed by atoms with E-state index in [2.05, 4.69) is 10.6 Å². The van der Waals surface area contributed by atoms with Gasteiger partial charge in [-0.25, -0.2) is 0 Å². The Bertz CT molecular complexity index is 390. The van der Waals surface area contributed by atoms with Gasteiger partial charge >= 0.3 is 0 Å². The summed E-state index contributed by atoms with van der Waals surface area (Å²) in [5.74, 6) is -0.362. The van der Waals surface area contributed by atoms with Crippen LogP contribution in [0.25, 0.3) is 0 Å². The second-order valence-corrected chi connectivity index (χ2v) is 4.54. The van der Waals surface area contributed by atoms with Crippen molar-refractivity contribution < 1.29 is 9.59 Å². The van der Waals surface area contributed by atoms with Crippen molar-refractivity contribution in [2.24, 2.45) is 5.73 Å². The summed E-state index contributed by atoms with van der Waals surface area (Å²) >= 11 is 1.48. The lowest BCUT2D eigenvalue weighted by molar-refractivity contribution is -0.120. The van der Waals surface area contributed by atoms with Crippen molar-refractivity contribution in [3.05, 3.63) is 21.9 Å². The summed E-state index contributed by atoms with van der Waals surface area (Å²) in [4.78, 5) is 23.0. The van der Waals surface area contributed by atoms with E-state index in [0.717, 1.165) is 4.88 Å². The molecule has 0 saturated carbocycles. The molecular formula is C11H17N3O2S. The molecule has 2 amide bonds. The highest BCUT2D eigenvalue weighted by molar-refractivity contribution is 7.10. The van der Waals surface area contributed by atoms with E-state index in [9.17, 15) is 9.59 Å². The van der Waals surface area contributed by atoms with Crippen molar-refractivity contribution >= 4 is 23.2 Å². The first-order valence-electron chi connectivity index (χ1n) is 5.48. The van der Waals surface area contributed by atoms with E-state index in [1.54, 1.807) is 11.4 Å². The lowest BCUT2D eigenvalue weighted by Crippen LogP contribution is -2.27. The van der Waals surface area contributed by atoms with Crippen molar-refractivity contribution in [1.82, 2.24) is 10.6 Å². The fraction of sp³-hybridized carbons (Fsp3) is 0.455. The van der Waals surface area contributed by atoms with E-state index in [1.807, 2.05) is 6.92 Å². The number of carbonyl (C=O) groups is 2. The minimum Gasteiger partial charge on any atom is -0.366 e. The van der Waals surface area contributed by atoms with Crippen LogP contribution >= 0.6 is 11.3 Å². The molecule has 0 radical (unpaired) electrons. The molecule has 1 rings (SSSR count). The van der Waals surface area contributed by atoms with Crippen molar-refractivity contribution in [2.75, 3.05) is 13.1 Å². The van der Waals surface area contributed by atoms with Gasteiger partial charge in [0.25, 0.3) is 0 Å². The molecule has 1 aromatic heterocycles. The Balaban J connectivity index is 2.22. The van der Waals surface area contributed by atoms with Gasteiger partial charge in [0.1, 0.15) is 0 Å². The molecule has 6 heteroatoms. The summed E-state index contributed by atoms with van der Waals surface area (Å²) in [6.45, 7) is 3.82. The third kappa shape index (κ3) is 4.97. The predicted molar refractivity (Wildman–Crippen MR) is 67.8 cm³/mol. The molecule has 0 aliphatic heterocycles. The minimum absolute atomic E-state index is 0.0454. The maximum atomic E-state index is 11.1. The van der Waals surface area contributed by atoms with Gasteiger partial charge in [0, 0.05) is 36.3 Å². The van der Waals surface area contributed by atoms with Gasteiger partial charge in [0.15, 0.2) is 0 Å². The van der Waals surface area contributed by atoms with E-state index in [0.29, 0.717) is 31.6 Å². The summed E-state index contributed by atoms with van der Waals surface area (Å²) in [5.41, 5.74) is 5.69. The summed E-state index contributed by atoms with van der Waals surface area (Å²) in [6.07, 6.45) is 0.460. The average molecular weight is 255 g/mol. The van der Waals surface area contributed by atoms with Crippen LogP contribution in [0.5, 0.6) is 0 Å². The van der Waals surface area contributed by atoms with Crippen LogP contribution in [0.2, 0.25) is 0 Å². The van der Waals surface area contributed by atoms with E-state index in [4.69, 9.17) is 5.73 Å². The fourth-order valence-corrected chi connectivity index (χ4v) is 2.14. The monoisotopic (exact) mass is 255 g/mol. The largest absolute Gasteiger partial charge is 0.366 e. The first-order chi connectivity index (χ1) is 8.13. The van der Waals surface area contributed by atoms with E-state index in [-0.39, 0.29) is 5.91 Å². The minimum atomic E-state index is -0.408. The molecule has 0 fully saturated rings. The van der Waals surface area contributed by atoms with Crippen molar-refractivity contribution in [2.45, 2.75) is 19.9 Å². The molecule has 0 unspecified atom stereocenters. The number of rotatable bonds is 7. The first-order valence-corrected chi connectivity index (χ1v) is 6.36. The fourth-order valence-electron chi connectivity index (χ4n) is 1.30. The molecule has 1 aromatic rings. The zero-order valence-corrected chi connectivity index (χ0v) is 10.6. The molecule has 0 saturated heterocycles. The predicted octanol–water partition coefficient (Wildman–Crippen LogP) is 0.463. The maximum absolute atomic E-state index is 11.1. The van der Waals surface area contributed by atoms with Crippen LogP contribution in [0, 0.1) is 0 Å². The second-order valence-electron chi connectivity index (χ2n) is 3.55. The number of thiophene rings is 1. The Hall–Kier alpha value is -1.40. The van der Waals surface area contributed by atoms with E-state index >= 15 is 0 Å². The molecule has 4 N–H and O–H groups in total. The Kier molecular flexibility index (Phi) is 5.65. The summed E-state index contributed by atoms with van der Waals surface area (Å²) in [5, 5.41) is 7.61. The average Bonchev–Trinajstić information content (AvgIpc) is 2.73. The lowest BCUT2D eigenvalue weighted by Gasteiger charge is -2.03. The van der Waals surface area contributed by atoms with Crippen molar-refractivity contribution in [3.8, 4) is 0 Å². The molecular weight excluding hydrogens is 238 g/mol. The Morgan fingerprint density at radius 1 is 1.47 bits per heavy atom. The highest BCUT2D eigenvalue weighted by Gasteiger charge is 2.04. The van der Waals surface area contributed by atoms with Gasteiger partial charge < -0.3 is 16.4 Å². The maximum Gasteiger partial charge on any atom is 0.249 e. The van der Waals surface area contributed by atoms with Gasteiger partial charge in [0.05, 0.1) is 5.56 Å². The molecule has 17 heavy (non-hydrogen) atoms. The zero-order chi connectivity index (χ0) is 12.7. The number of nitrogens with two attached hydrogens (primary N) is 1. The van der Waals surface area contributed by atoms with Crippen LogP contribution in [0.4, 0.5) is 0 Å². The van der Waals surface area contributed by atoms with Gasteiger partial charge in [0.2, 0.25) is 11.8 Å². The van der Waals surface area contributed by atoms with Crippen molar-refractivity contribution in [3.63, 3.8) is 0 Å². The normalized spacial score (nSPS) is 10.2. The van der Waals surface area contributed by atoms with Gasteiger partial charge in [-0.2, -0.15) is 0 Å². The molecule has 0 bridgehead atoms. The SMILES string of the molecule is CCNC(=O)CCNCc1cc(C(N)=O)cs1. The van der Waals surface area contributed by atoms with Crippen molar-refractivity contribution in [1.29, 1.82) is 0 Å².